The molecule has 0 radical (unpaired) electrons. The summed E-state index contributed by atoms with van der Waals surface area (Å²) in [4.78, 5) is 15.5. The van der Waals surface area contributed by atoms with Crippen LogP contribution in [-0.2, 0) is 0 Å². The van der Waals surface area contributed by atoms with E-state index in [1.807, 2.05) is 30.3 Å². The van der Waals surface area contributed by atoms with Crippen molar-refractivity contribution in [1.29, 1.82) is 0 Å². The third-order valence-electron chi connectivity index (χ3n) is 4.09. The fourth-order valence-electron chi connectivity index (χ4n) is 2.96. The molecule has 0 bridgehead atoms. The lowest BCUT2D eigenvalue weighted by molar-refractivity contribution is 0.0592. The molecule has 0 aliphatic heterocycles. The fourth-order valence-corrected chi connectivity index (χ4v) is 2.96. The van der Waals surface area contributed by atoms with Crippen LogP contribution in [0, 0.1) is 5.41 Å². The highest BCUT2D eigenvalue weighted by molar-refractivity contribution is 6.00. The van der Waals surface area contributed by atoms with Crippen LogP contribution < -0.4 is 0 Å². The number of hydrogen-bond donors (Lipinski definition) is 0. The van der Waals surface area contributed by atoms with Gasteiger partial charge in [0.2, 0.25) is 0 Å². The van der Waals surface area contributed by atoms with Gasteiger partial charge < -0.3 is 0 Å². The van der Waals surface area contributed by atoms with E-state index in [-0.39, 0.29) is 17.2 Å². The Balaban J connectivity index is 3.05. The first-order chi connectivity index (χ1) is 10.4. The van der Waals surface area contributed by atoms with E-state index in [4.69, 9.17) is 0 Å². The highest BCUT2D eigenvalue weighted by Crippen LogP contribution is 2.28. The predicted molar refractivity (Wildman–Crippen MR) is 95.4 cm³/mol. The third-order valence-corrected chi connectivity index (χ3v) is 4.09. The van der Waals surface area contributed by atoms with Gasteiger partial charge in [0.05, 0.1) is 6.04 Å². The second kappa shape index (κ2) is 9.09. The lowest BCUT2D eigenvalue weighted by atomic mass is 9.80. The highest BCUT2D eigenvalue weighted by Gasteiger charge is 2.36. The molecule has 0 heterocycles. The van der Waals surface area contributed by atoms with E-state index in [1.165, 1.54) is 12.8 Å². The number of hydrogen-bond acceptors (Lipinski definition) is 2. The van der Waals surface area contributed by atoms with Crippen molar-refractivity contribution >= 4 is 5.78 Å². The van der Waals surface area contributed by atoms with Gasteiger partial charge in [0.1, 0.15) is 0 Å². The molecule has 0 aliphatic rings. The molecule has 0 fully saturated rings. The molecular weight excluding hydrogens is 270 g/mol. The summed E-state index contributed by atoms with van der Waals surface area (Å²) in [7, 11) is 0. The topological polar surface area (TPSA) is 20.3 Å². The maximum absolute atomic E-state index is 13.1. The van der Waals surface area contributed by atoms with Crippen molar-refractivity contribution in [2.75, 3.05) is 13.1 Å². The van der Waals surface area contributed by atoms with Crippen LogP contribution in [0.5, 0.6) is 0 Å². The van der Waals surface area contributed by atoms with Crippen molar-refractivity contribution in [3.05, 3.63) is 35.9 Å². The van der Waals surface area contributed by atoms with Crippen molar-refractivity contribution in [3.63, 3.8) is 0 Å². The van der Waals surface area contributed by atoms with E-state index < -0.39 is 0 Å². The normalized spacial score (nSPS) is 13.4. The molecule has 0 saturated carbocycles. The molecule has 0 amide bonds. The van der Waals surface area contributed by atoms with Gasteiger partial charge in [0.15, 0.2) is 5.78 Å². The van der Waals surface area contributed by atoms with Gasteiger partial charge >= 0.3 is 0 Å². The molecule has 1 aromatic rings. The Kier molecular flexibility index (Phi) is 7.81. The second-order valence-corrected chi connectivity index (χ2v) is 7.24. The molecule has 1 rings (SSSR count). The summed E-state index contributed by atoms with van der Waals surface area (Å²) in [6.45, 7) is 13.0. The number of Topliss-reactive ketones (excluding diaryl/α,β-unsaturated/α-hetero) is 1. The van der Waals surface area contributed by atoms with Crippen LogP contribution in [0.25, 0.3) is 0 Å². The predicted octanol–water partition coefficient (Wildman–Crippen LogP) is 5.19. The average Bonchev–Trinajstić information content (AvgIpc) is 2.49. The monoisotopic (exact) mass is 303 g/mol. The van der Waals surface area contributed by atoms with Crippen molar-refractivity contribution in [1.82, 2.24) is 4.90 Å². The molecular formula is C20H33NO. The second-order valence-electron chi connectivity index (χ2n) is 7.24. The maximum Gasteiger partial charge on any atom is 0.180 e. The zero-order valence-corrected chi connectivity index (χ0v) is 15.1. The molecule has 0 aliphatic carbocycles. The van der Waals surface area contributed by atoms with Crippen LogP contribution in [0.3, 0.4) is 0 Å². The zero-order chi connectivity index (χ0) is 16.6. The van der Waals surface area contributed by atoms with Gasteiger partial charge in [0, 0.05) is 5.56 Å². The number of nitrogens with zero attached hydrogens (tertiary/aromatic N) is 1. The van der Waals surface area contributed by atoms with Crippen molar-refractivity contribution in [2.45, 2.75) is 66.3 Å². The minimum atomic E-state index is -0.0611. The summed E-state index contributed by atoms with van der Waals surface area (Å²) in [5.41, 5.74) is 0.773. The Morgan fingerprint density at radius 2 is 1.50 bits per heavy atom. The number of unbranched alkanes of at least 4 members (excludes halogenated alkanes) is 2. The standard InChI is InChI=1S/C20H33NO/c1-6-8-15-21(16-9-7-2)19(20(3,4)5)18(22)17-13-11-10-12-14-17/h10-14,19H,6-9,15-16H2,1-5H3. The number of carbonyl (C=O) groups excluding carboxylic acids is 1. The lowest BCUT2D eigenvalue weighted by Crippen LogP contribution is -2.50. The summed E-state index contributed by atoms with van der Waals surface area (Å²) in [5, 5.41) is 0. The van der Waals surface area contributed by atoms with Crippen molar-refractivity contribution < 1.29 is 4.79 Å². The summed E-state index contributed by atoms with van der Waals surface area (Å²) in [5.74, 6) is 0.264. The average molecular weight is 303 g/mol. The number of carbonyl (C=O) groups is 1. The van der Waals surface area contributed by atoms with Gasteiger partial charge in [-0.2, -0.15) is 0 Å². The minimum Gasteiger partial charge on any atom is -0.293 e. The molecule has 0 aromatic heterocycles. The van der Waals surface area contributed by atoms with E-state index in [2.05, 4.69) is 39.5 Å². The van der Waals surface area contributed by atoms with Crippen LogP contribution in [0.15, 0.2) is 30.3 Å². The van der Waals surface area contributed by atoms with Crippen molar-refractivity contribution in [2.24, 2.45) is 5.41 Å². The first-order valence-electron chi connectivity index (χ1n) is 8.75. The Morgan fingerprint density at radius 1 is 1.00 bits per heavy atom. The van der Waals surface area contributed by atoms with Crippen LogP contribution in [0.4, 0.5) is 0 Å². The van der Waals surface area contributed by atoms with E-state index in [0.29, 0.717) is 0 Å². The largest absolute Gasteiger partial charge is 0.293 e. The van der Waals surface area contributed by atoms with E-state index in [9.17, 15) is 4.79 Å². The molecule has 124 valence electrons. The minimum absolute atomic E-state index is 0.0481. The summed E-state index contributed by atoms with van der Waals surface area (Å²) in [6, 6.07) is 9.71. The molecule has 0 saturated heterocycles. The molecule has 1 atom stereocenters. The van der Waals surface area contributed by atoms with Gasteiger partial charge in [0.25, 0.3) is 0 Å². The van der Waals surface area contributed by atoms with Gasteiger partial charge in [-0.05, 0) is 31.3 Å². The zero-order valence-electron chi connectivity index (χ0n) is 15.1. The first-order valence-corrected chi connectivity index (χ1v) is 8.75. The molecule has 1 unspecified atom stereocenters. The van der Waals surface area contributed by atoms with Gasteiger partial charge in [-0.15, -0.1) is 0 Å². The van der Waals surface area contributed by atoms with E-state index >= 15 is 0 Å². The van der Waals surface area contributed by atoms with Crippen molar-refractivity contribution in [3.8, 4) is 0 Å². The fraction of sp³-hybridized carbons (Fsp3) is 0.650. The molecule has 0 N–H and O–H groups in total. The number of benzene rings is 1. The highest BCUT2D eigenvalue weighted by atomic mass is 16.1. The SMILES string of the molecule is CCCCN(CCCC)C(C(=O)c1ccccc1)C(C)(C)C. The molecule has 1 aromatic carbocycles. The van der Waals surface area contributed by atoms with Gasteiger partial charge in [-0.1, -0.05) is 77.8 Å². The third kappa shape index (κ3) is 5.57. The molecule has 2 nitrogen and oxygen atoms in total. The van der Waals surface area contributed by atoms with E-state index in [0.717, 1.165) is 31.5 Å². The van der Waals surface area contributed by atoms with Crippen LogP contribution in [0.2, 0.25) is 0 Å². The summed E-state index contributed by atoms with van der Waals surface area (Å²) in [6.07, 6.45) is 4.63. The first kappa shape index (κ1) is 18.9. The molecule has 2 heteroatoms. The van der Waals surface area contributed by atoms with Crippen LogP contribution in [-0.4, -0.2) is 29.8 Å². The Morgan fingerprint density at radius 3 is 1.91 bits per heavy atom. The van der Waals surface area contributed by atoms with Crippen LogP contribution >= 0.6 is 0 Å². The lowest BCUT2D eigenvalue weighted by Gasteiger charge is -2.39. The quantitative estimate of drug-likeness (QED) is 0.585. The van der Waals surface area contributed by atoms with Gasteiger partial charge in [-0.25, -0.2) is 0 Å². The summed E-state index contributed by atoms with van der Waals surface area (Å²) < 4.78 is 0. The summed E-state index contributed by atoms with van der Waals surface area (Å²) >= 11 is 0. The number of rotatable bonds is 9. The Labute approximate surface area is 136 Å². The molecule has 22 heavy (non-hydrogen) atoms. The molecule has 0 spiro atoms. The Hall–Kier alpha value is -1.15. The van der Waals surface area contributed by atoms with E-state index in [1.54, 1.807) is 0 Å². The Bertz CT molecular complexity index is 425. The number of ketones is 1. The maximum atomic E-state index is 13.1. The smallest absolute Gasteiger partial charge is 0.180 e. The van der Waals surface area contributed by atoms with Crippen LogP contribution in [0.1, 0.15) is 70.7 Å². The van der Waals surface area contributed by atoms with Gasteiger partial charge in [-0.3, -0.25) is 9.69 Å².